The molecule has 0 amide bonds. The fourth-order valence-corrected chi connectivity index (χ4v) is 2.38. The zero-order chi connectivity index (χ0) is 11.0. The molecule has 1 aliphatic rings. The first-order valence-corrected chi connectivity index (χ1v) is 5.66. The van der Waals surface area contributed by atoms with Gasteiger partial charge in [-0.05, 0) is 31.0 Å². The van der Waals surface area contributed by atoms with Gasteiger partial charge < -0.3 is 5.21 Å². The summed E-state index contributed by atoms with van der Waals surface area (Å²) in [7, 11) is 0. The Hall–Kier alpha value is -1.83. The van der Waals surface area contributed by atoms with Gasteiger partial charge in [0.25, 0.3) is 0 Å². The van der Waals surface area contributed by atoms with Gasteiger partial charge >= 0.3 is 0 Å². The van der Waals surface area contributed by atoms with Crippen molar-refractivity contribution in [2.45, 2.75) is 19.3 Å². The number of aromatic nitrogens is 1. The second-order valence-electron chi connectivity index (χ2n) is 4.20. The van der Waals surface area contributed by atoms with E-state index in [9.17, 15) is 5.21 Å². The van der Waals surface area contributed by atoms with Crippen molar-refractivity contribution in [3.63, 3.8) is 0 Å². The Morgan fingerprint density at radius 2 is 1.75 bits per heavy atom. The van der Waals surface area contributed by atoms with Gasteiger partial charge in [-0.25, -0.2) is 0 Å². The maximum atomic E-state index is 12.2. The van der Waals surface area contributed by atoms with Gasteiger partial charge in [0.2, 0.25) is 5.69 Å². The highest BCUT2D eigenvalue weighted by molar-refractivity contribution is 5.56. The molecule has 0 aliphatic heterocycles. The van der Waals surface area contributed by atoms with E-state index in [-0.39, 0.29) is 0 Å². The van der Waals surface area contributed by atoms with E-state index in [1.165, 1.54) is 5.56 Å². The number of aryl methyl sites for hydroxylation is 1. The Morgan fingerprint density at radius 1 is 0.938 bits per heavy atom. The van der Waals surface area contributed by atoms with E-state index in [1.807, 2.05) is 36.4 Å². The van der Waals surface area contributed by atoms with E-state index in [4.69, 9.17) is 0 Å². The van der Waals surface area contributed by atoms with Crippen LogP contribution in [0.3, 0.4) is 0 Å². The van der Waals surface area contributed by atoms with Gasteiger partial charge in [0, 0.05) is 23.6 Å². The smallest absolute Gasteiger partial charge is 0.223 e. The molecule has 0 saturated heterocycles. The van der Waals surface area contributed by atoms with Crippen LogP contribution in [-0.2, 0) is 12.8 Å². The second-order valence-corrected chi connectivity index (χ2v) is 4.20. The van der Waals surface area contributed by atoms with E-state index in [1.54, 1.807) is 0 Å². The molecule has 0 radical (unpaired) electrons. The van der Waals surface area contributed by atoms with Crippen molar-refractivity contribution < 1.29 is 4.73 Å². The third kappa shape index (κ3) is 1.38. The zero-order valence-electron chi connectivity index (χ0n) is 9.02. The average molecular weight is 211 g/mol. The van der Waals surface area contributed by atoms with E-state index in [0.717, 1.165) is 40.9 Å². The molecule has 16 heavy (non-hydrogen) atoms. The molecule has 2 heteroatoms. The van der Waals surface area contributed by atoms with Crippen LogP contribution in [0.15, 0.2) is 42.5 Å². The predicted octanol–water partition coefficient (Wildman–Crippen LogP) is 2.48. The third-order valence-electron chi connectivity index (χ3n) is 3.21. The van der Waals surface area contributed by atoms with E-state index in [0.29, 0.717) is 0 Å². The van der Waals surface area contributed by atoms with Crippen molar-refractivity contribution in [3.8, 4) is 11.3 Å². The first-order valence-electron chi connectivity index (χ1n) is 5.66. The number of nitrogens with zero attached hydrogens (tertiary/aromatic N) is 1. The molecule has 0 saturated carbocycles. The fourth-order valence-electron chi connectivity index (χ4n) is 2.38. The molecule has 1 aromatic carbocycles. The molecule has 0 spiro atoms. The molecule has 1 heterocycles. The third-order valence-corrected chi connectivity index (χ3v) is 3.21. The Balaban J connectivity index is 2.16. The van der Waals surface area contributed by atoms with Crippen LogP contribution in [-0.4, -0.2) is 0 Å². The molecule has 0 fully saturated rings. The number of hydrogen-bond donors (Lipinski definition) is 0. The van der Waals surface area contributed by atoms with Gasteiger partial charge in [-0.15, -0.1) is 0 Å². The van der Waals surface area contributed by atoms with Crippen LogP contribution < -0.4 is 4.73 Å². The quantitative estimate of drug-likeness (QED) is 0.526. The lowest BCUT2D eigenvalue weighted by Crippen LogP contribution is -2.34. The minimum Gasteiger partial charge on any atom is -0.618 e. The van der Waals surface area contributed by atoms with Crippen molar-refractivity contribution in [2.75, 3.05) is 0 Å². The number of rotatable bonds is 1. The average Bonchev–Trinajstić information content (AvgIpc) is 2.80. The van der Waals surface area contributed by atoms with Crippen LogP contribution in [0.4, 0.5) is 0 Å². The summed E-state index contributed by atoms with van der Waals surface area (Å²) in [5.74, 6) is 0. The fraction of sp³-hybridized carbons (Fsp3) is 0.214. The van der Waals surface area contributed by atoms with Crippen LogP contribution in [0.5, 0.6) is 0 Å². The predicted molar refractivity (Wildman–Crippen MR) is 62.9 cm³/mol. The lowest BCUT2D eigenvalue weighted by atomic mass is 10.1. The van der Waals surface area contributed by atoms with Crippen LogP contribution in [0, 0.1) is 5.21 Å². The normalized spacial score (nSPS) is 13.8. The van der Waals surface area contributed by atoms with E-state index < -0.39 is 0 Å². The largest absolute Gasteiger partial charge is 0.618 e. The van der Waals surface area contributed by atoms with E-state index >= 15 is 0 Å². The zero-order valence-corrected chi connectivity index (χ0v) is 9.02. The van der Waals surface area contributed by atoms with Crippen LogP contribution in [0.2, 0.25) is 0 Å². The lowest BCUT2D eigenvalue weighted by molar-refractivity contribution is -0.602. The van der Waals surface area contributed by atoms with Crippen LogP contribution >= 0.6 is 0 Å². The lowest BCUT2D eigenvalue weighted by Gasteiger charge is -2.08. The molecule has 2 nitrogen and oxygen atoms in total. The van der Waals surface area contributed by atoms with Crippen molar-refractivity contribution in [3.05, 3.63) is 58.9 Å². The molecule has 1 aromatic heterocycles. The molecule has 80 valence electrons. The summed E-state index contributed by atoms with van der Waals surface area (Å²) in [4.78, 5) is 0. The highest BCUT2D eigenvalue weighted by atomic mass is 16.5. The summed E-state index contributed by atoms with van der Waals surface area (Å²) in [6, 6.07) is 13.9. The first-order chi connectivity index (χ1) is 7.86. The molecule has 2 aromatic rings. The Labute approximate surface area is 94.8 Å². The number of hydrogen-bond acceptors (Lipinski definition) is 1. The highest BCUT2D eigenvalue weighted by Gasteiger charge is 2.22. The summed E-state index contributed by atoms with van der Waals surface area (Å²) >= 11 is 0. The SMILES string of the molecule is [O-][n+]1c(-c2ccccc2)ccc2c1CCC2. The maximum Gasteiger partial charge on any atom is 0.223 e. The molecule has 0 atom stereocenters. The summed E-state index contributed by atoms with van der Waals surface area (Å²) < 4.78 is 1.11. The van der Waals surface area contributed by atoms with Crippen LogP contribution in [0.1, 0.15) is 17.7 Å². The van der Waals surface area contributed by atoms with Crippen molar-refractivity contribution in [1.29, 1.82) is 0 Å². The Kier molecular flexibility index (Phi) is 2.13. The van der Waals surface area contributed by atoms with Crippen LogP contribution in [0.25, 0.3) is 11.3 Å². The van der Waals surface area contributed by atoms with Gasteiger partial charge in [-0.3, -0.25) is 0 Å². The second kappa shape index (κ2) is 3.63. The van der Waals surface area contributed by atoms with E-state index in [2.05, 4.69) is 6.07 Å². The molecule has 1 aliphatic carbocycles. The first kappa shape index (κ1) is 9.40. The molecule has 0 bridgehead atoms. The molecule has 3 rings (SSSR count). The maximum absolute atomic E-state index is 12.2. The highest BCUT2D eigenvalue weighted by Crippen LogP contribution is 2.22. The minimum absolute atomic E-state index is 0.765. The molecular formula is C14H13NO. The van der Waals surface area contributed by atoms with Gasteiger partial charge in [0.15, 0.2) is 5.69 Å². The monoisotopic (exact) mass is 211 g/mol. The number of fused-ring (bicyclic) bond motifs is 1. The van der Waals surface area contributed by atoms with Crippen molar-refractivity contribution in [1.82, 2.24) is 0 Å². The number of benzene rings is 1. The van der Waals surface area contributed by atoms with Crippen molar-refractivity contribution >= 4 is 0 Å². The topological polar surface area (TPSA) is 26.9 Å². The summed E-state index contributed by atoms with van der Waals surface area (Å²) in [6.07, 6.45) is 3.07. The van der Waals surface area contributed by atoms with Gasteiger partial charge in [-0.1, -0.05) is 18.2 Å². The summed E-state index contributed by atoms with van der Waals surface area (Å²) in [5, 5.41) is 12.2. The Bertz CT molecular complexity index is 520. The minimum atomic E-state index is 0.765. The Morgan fingerprint density at radius 3 is 2.56 bits per heavy atom. The molecule has 0 unspecified atom stereocenters. The summed E-state index contributed by atoms with van der Waals surface area (Å²) in [5.41, 5.74) is 3.93. The van der Waals surface area contributed by atoms with Crippen molar-refractivity contribution in [2.24, 2.45) is 0 Å². The standard InChI is InChI=1S/C14H13NO/c16-15-13-8-4-7-12(13)9-10-14(15)11-5-2-1-3-6-11/h1-3,5-6,9-10H,4,7-8H2. The van der Waals surface area contributed by atoms with Gasteiger partial charge in [0.05, 0.1) is 0 Å². The van der Waals surface area contributed by atoms with Gasteiger partial charge in [-0.2, -0.15) is 4.73 Å². The number of pyridine rings is 1. The van der Waals surface area contributed by atoms with Gasteiger partial charge in [0.1, 0.15) is 0 Å². The molecular weight excluding hydrogens is 198 g/mol. The molecule has 0 N–H and O–H groups in total. The summed E-state index contributed by atoms with van der Waals surface area (Å²) in [6.45, 7) is 0.